The van der Waals surface area contributed by atoms with Crippen molar-refractivity contribution in [2.75, 3.05) is 0 Å². The van der Waals surface area contributed by atoms with Crippen molar-refractivity contribution in [3.05, 3.63) is 39.9 Å². The van der Waals surface area contributed by atoms with E-state index < -0.39 is 0 Å². The van der Waals surface area contributed by atoms with E-state index in [4.69, 9.17) is 11.6 Å². The minimum atomic E-state index is 0.460. The highest BCUT2D eigenvalue weighted by Crippen LogP contribution is 2.21. The Labute approximate surface area is 89.4 Å². The summed E-state index contributed by atoms with van der Waals surface area (Å²) in [7, 11) is 0. The maximum absolute atomic E-state index is 10.1. The van der Waals surface area contributed by atoms with E-state index in [-0.39, 0.29) is 0 Å². The van der Waals surface area contributed by atoms with Crippen LogP contribution >= 0.6 is 11.6 Å². The molecule has 0 amide bonds. The third-order valence-corrected chi connectivity index (χ3v) is 2.29. The highest BCUT2D eigenvalue weighted by Gasteiger charge is 2.00. The number of carbonyl (C=O) groups excluding carboxylic acids is 1. The number of halogens is 1. The van der Waals surface area contributed by atoms with Gasteiger partial charge in [-0.2, -0.15) is 0 Å². The average Bonchev–Trinajstić information content (AvgIpc) is 2.09. The molecular weight excluding hydrogens is 196 g/mol. The fourth-order valence-electron chi connectivity index (χ4n) is 1.43. The zero-order valence-corrected chi connectivity index (χ0v) is 9.14. The number of allylic oxidation sites excluding steroid dienone is 1. The van der Waals surface area contributed by atoms with Crippen LogP contribution in [0.25, 0.3) is 6.08 Å². The first-order valence-electron chi connectivity index (χ1n) is 4.52. The van der Waals surface area contributed by atoms with Gasteiger partial charge in [-0.05, 0) is 42.7 Å². The number of aryl methyl sites for hydroxylation is 2. The number of hydrogen-bond donors (Lipinski definition) is 0. The molecule has 0 heterocycles. The molecule has 0 saturated carbocycles. The average molecular weight is 209 g/mol. The first-order valence-corrected chi connectivity index (χ1v) is 4.90. The van der Waals surface area contributed by atoms with Crippen molar-refractivity contribution in [2.24, 2.45) is 0 Å². The summed E-state index contributed by atoms with van der Waals surface area (Å²) in [5, 5.41) is 0.757. The normalized spacial score (nSPS) is 10.8. The number of aldehydes is 1. The lowest BCUT2D eigenvalue weighted by Gasteiger charge is -2.05. The topological polar surface area (TPSA) is 17.1 Å². The second kappa shape index (κ2) is 4.97. The van der Waals surface area contributed by atoms with Crippen LogP contribution in [0.3, 0.4) is 0 Å². The van der Waals surface area contributed by atoms with Gasteiger partial charge >= 0.3 is 0 Å². The van der Waals surface area contributed by atoms with Gasteiger partial charge in [0.25, 0.3) is 0 Å². The van der Waals surface area contributed by atoms with E-state index in [0.29, 0.717) is 6.42 Å². The number of carbonyl (C=O) groups is 1. The van der Waals surface area contributed by atoms with Crippen LogP contribution in [0, 0.1) is 13.8 Å². The molecule has 0 aliphatic heterocycles. The van der Waals surface area contributed by atoms with Gasteiger partial charge in [0.1, 0.15) is 6.29 Å². The van der Waals surface area contributed by atoms with Crippen LogP contribution in [-0.4, -0.2) is 6.29 Å². The molecule has 0 fully saturated rings. The van der Waals surface area contributed by atoms with Crippen LogP contribution in [-0.2, 0) is 4.79 Å². The molecule has 0 aromatic heterocycles. The van der Waals surface area contributed by atoms with Crippen molar-refractivity contribution < 1.29 is 4.79 Å². The quantitative estimate of drug-likeness (QED) is 0.695. The van der Waals surface area contributed by atoms with Gasteiger partial charge in [0.05, 0.1) is 0 Å². The SMILES string of the molecule is Cc1cc(Cl)cc(C)c1C=CCC=O. The van der Waals surface area contributed by atoms with Crippen LogP contribution in [0.1, 0.15) is 23.1 Å². The zero-order valence-electron chi connectivity index (χ0n) is 8.38. The molecule has 0 aliphatic carbocycles. The van der Waals surface area contributed by atoms with E-state index in [0.717, 1.165) is 28.0 Å². The fraction of sp³-hybridized carbons (Fsp3) is 0.250. The van der Waals surface area contributed by atoms with Gasteiger partial charge in [-0.1, -0.05) is 23.8 Å². The molecule has 0 atom stereocenters. The van der Waals surface area contributed by atoms with Crippen molar-refractivity contribution in [3.8, 4) is 0 Å². The van der Waals surface area contributed by atoms with Crippen molar-refractivity contribution in [2.45, 2.75) is 20.3 Å². The van der Waals surface area contributed by atoms with Gasteiger partial charge in [0.2, 0.25) is 0 Å². The molecule has 1 rings (SSSR count). The van der Waals surface area contributed by atoms with Crippen molar-refractivity contribution in [3.63, 3.8) is 0 Å². The Morgan fingerprint density at radius 3 is 2.36 bits per heavy atom. The smallest absolute Gasteiger partial charge is 0.123 e. The summed E-state index contributed by atoms with van der Waals surface area (Å²) in [6.07, 6.45) is 5.17. The fourth-order valence-corrected chi connectivity index (χ4v) is 1.75. The van der Waals surface area contributed by atoms with Crippen LogP contribution in [0.4, 0.5) is 0 Å². The highest BCUT2D eigenvalue weighted by atomic mass is 35.5. The van der Waals surface area contributed by atoms with Crippen LogP contribution in [0.5, 0.6) is 0 Å². The Kier molecular flexibility index (Phi) is 3.90. The molecule has 0 spiro atoms. The molecule has 0 bridgehead atoms. The molecule has 1 nitrogen and oxygen atoms in total. The van der Waals surface area contributed by atoms with E-state index in [1.54, 1.807) is 0 Å². The van der Waals surface area contributed by atoms with Crippen molar-refractivity contribution >= 4 is 24.0 Å². The molecular formula is C12H13ClO. The lowest BCUT2D eigenvalue weighted by Crippen LogP contribution is -1.86. The van der Waals surface area contributed by atoms with E-state index in [2.05, 4.69) is 0 Å². The number of hydrogen-bond acceptors (Lipinski definition) is 1. The molecule has 14 heavy (non-hydrogen) atoms. The van der Waals surface area contributed by atoms with Crippen LogP contribution in [0.2, 0.25) is 5.02 Å². The molecule has 1 aromatic rings. The van der Waals surface area contributed by atoms with E-state index in [1.165, 1.54) is 0 Å². The minimum Gasteiger partial charge on any atom is -0.303 e. The predicted molar refractivity (Wildman–Crippen MR) is 60.6 cm³/mol. The van der Waals surface area contributed by atoms with Gasteiger partial charge in [-0.15, -0.1) is 0 Å². The predicted octanol–water partition coefficient (Wildman–Crippen LogP) is 3.56. The standard InChI is InChI=1S/C12H13ClO/c1-9-7-11(13)8-10(2)12(9)5-3-4-6-14/h3,5-8H,4H2,1-2H3. The molecule has 0 N–H and O–H groups in total. The minimum absolute atomic E-state index is 0.460. The Balaban J connectivity index is 3.02. The Morgan fingerprint density at radius 1 is 1.29 bits per heavy atom. The summed E-state index contributed by atoms with van der Waals surface area (Å²) in [5.41, 5.74) is 3.42. The van der Waals surface area contributed by atoms with Gasteiger partial charge in [-0.25, -0.2) is 0 Å². The summed E-state index contributed by atoms with van der Waals surface area (Å²) in [4.78, 5) is 10.1. The Morgan fingerprint density at radius 2 is 1.86 bits per heavy atom. The Bertz CT molecular complexity index is 344. The summed E-state index contributed by atoms with van der Waals surface area (Å²) in [6.45, 7) is 4.03. The third kappa shape index (κ3) is 2.71. The van der Waals surface area contributed by atoms with E-state index >= 15 is 0 Å². The molecule has 0 radical (unpaired) electrons. The maximum atomic E-state index is 10.1. The molecule has 0 saturated heterocycles. The van der Waals surface area contributed by atoms with Gasteiger partial charge < -0.3 is 4.79 Å². The highest BCUT2D eigenvalue weighted by molar-refractivity contribution is 6.30. The van der Waals surface area contributed by atoms with E-state index in [9.17, 15) is 4.79 Å². The number of benzene rings is 1. The van der Waals surface area contributed by atoms with E-state index in [1.807, 2.05) is 38.1 Å². The van der Waals surface area contributed by atoms with Gasteiger partial charge in [0, 0.05) is 11.4 Å². The lowest BCUT2D eigenvalue weighted by molar-refractivity contribution is -0.107. The summed E-state index contributed by atoms with van der Waals surface area (Å²) in [5.74, 6) is 0. The van der Waals surface area contributed by atoms with Gasteiger partial charge in [0.15, 0.2) is 0 Å². The monoisotopic (exact) mass is 208 g/mol. The molecule has 74 valence electrons. The molecule has 2 heteroatoms. The first kappa shape index (κ1) is 11.0. The molecule has 0 unspecified atom stereocenters. The third-order valence-electron chi connectivity index (χ3n) is 2.08. The second-order valence-corrected chi connectivity index (χ2v) is 3.69. The maximum Gasteiger partial charge on any atom is 0.123 e. The van der Waals surface area contributed by atoms with Crippen LogP contribution < -0.4 is 0 Å². The summed E-state index contributed by atoms with van der Waals surface area (Å²) >= 11 is 5.90. The Hall–Kier alpha value is -1.08. The van der Waals surface area contributed by atoms with Crippen LogP contribution in [0.15, 0.2) is 18.2 Å². The van der Waals surface area contributed by atoms with Gasteiger partial charge in [-0.3, -0.25) is 0 Å². The zero-order chi connectivity index (χ0) is 10.6. The molecule has 1 aromatic carbocycles. The molecule has 0 aliphatic rings. The summed E-state index contributed by atoms with van der Waals surface area (Å²) in [6, 6.07) is 3.85. The largest absolute Gasteiger partial charge is 0.303 e. The first-order chi connectivity index (χ1) is 6.65. The van der Waals surface area contributed by atoms with Crippen molar-refractivity contribution in [1.82, 2.24) is 0 Å². The lowest BCUT2D eigenvalue weighted by atomic mass is 10.0. The second-order valence-electron chi connectivity index (χ2n) is 3.26. The van der Waals surface area contributed by atoms with Crippen molar-refractivity contribution in [1.29, 1.82) is 0 Å². The number of rotatable bonds is 3. The summed E-state index contributed by atoms with van der Waals surface area (Å²) < 4.78 is 0.